The van der Waals surface area contributed by atoms with Gasteiger partial charge >= 0.3 is 0 Å². The number of amides is 2. The number of hydrogen-bond acceptors (Lipinski definition) is 2. The van der Waals surface area contributed by atoms with E-state index in [-0.39, 0.29) is 17.7 Å². The quantitative estimate of drug-likeness (QED) is 0.831. The summed E-state index contributed by atoms with van der Waals surface area (Å²) in [7, 11) is 0. The summed E-state index contributed by atoms with van der Waals surface area (Å²) in [5, 5.41) is 0. The Labute approximate surface area is 127 Å². The molecule has 0 unspecified atom stereocenters. The zero-order valence-corrected chi connectivity index (χ0v) is 13.6. The lowest BCUT2D eigenvalue weighted by molar-refractivity contribution is -0.143. The predicted octanol–water partition coefficient (Wildman–Crippen LogP) is 2.67. The van der Waals surface area contributed by atoms with Crippen LogP contribution in [0.5, 0.6) is 0 Å². The van der Waals surface area contributed by atoms with E-state index < -0.39 is 6.04 Å². The average Bonchev–Trinajstić information content (AvgIpc) is 2.42. The summed E-state index contributed by atoms with van der Waals surface area (Å²) in [5.41, 5.74) is 0.877. The lowest BCUT2D eigenvalue weighted by Crippen LogP contribution is -2.58. The number of nitrogens with zero attached hydrogens (tertiary/aromatic N) is 2. The van der Waals surface area contributed by atoms with Crippen LogP contribution in [0.3, 0.4) is 0 Å². The number of carbonyl (C=O) groups excluding carboxylic acids is 2. The number of carbonyl (C=O) groups is 2. The molecule has 0 saturated carbocycles. The van der Waals surface area contributed by atoms with Crippen LogP contribution in [0.2, 0.25) is 0 Å². The average molecular weight is 339 g/mol. The molecule has 2 amide bonds. The minimum atomic E-state index is -0.401. The molecular weight excluding hydrogens is 320 g/mol. The summed E-state index contributed by atoms with van der Waals surface area (Å²) in [6.45, 7) is 6.65. The molecule has 1 aromatic rings. The molecule has 2 rings (SSSR count). The molecule has 1 aliphatic rings. The van der Waals surface area contributed by atoms with Crippen molar-refractivity contribution in [3.05, 3.63) is 28.7 Å². The standard InChI is InChI=1S/C15H19BrN2O2/c1-10(2)14(19)17-8-9-18(15(20)11(17)3)13-6-4-12(16)5-7-13/h4-7,10-11H,8-9H2,1-3H3/t11-/m0/s1. The third kappa shape index (κ3) is 2.87. The number of halogens is 1. The zero-order valence-electron chi connectivity index (χ0n) is 12.0. The van der Waals surface area contributed by atoms with Crippen molar-refractivity contribution in [1.29, 1.82) is 0 Å². The van der Waals surface area contributed by atoms with Gasteiger partial charge in [0.15, 0.2) is 0 Å². The first-order valence-electron chi connectivity index (χ1n) is 6.79. The van der Waals surface area contributed by atoms with Gasteiger partial charge in [0.1, 0.15) is 6.04 Å². The first-order valence-corrected chi connectivity index (χ1v) is 7.58. The van der Waals surface area contributed by atoms with Gasteiger partial charge in [-0.25, -0.2) is 0 Å². The van der Waals surface area contributed by atoms with Gasteiger partial charge < -0.3 is 9.80 Å². The molecule has 0 bridgehead atoms. The van der Waals surface area contributed by atoms with Crippen LogP contribution in [0.15, 0.2) is 28.7 Å². The summed E-state index contributed by atoms with van der Waals surface area (Å²) < 4.78 is 0.982. The van der Waals surface area contributed by atoms with Crippen molar-refractivity contribution in [2.45, 2.75) is 26.8 Å². The molecule has 0 aliphatic carbocycles. The van der Waals surface area contributed by atoms with Crippen LogP contribution in [0.4, 0.5) is 5.69 Å². The molecule has 1 fully saturated rings. The van der Waals surface area contributed by atoms with Crippen molar-refractivity contribution >= 4 is 33.4 Å². The Morgan fingerprint density at radius 1 is 1.25 bits per heavy atom. The van der Waals surface area contributed by atoms with E-state index in [2.05, 4.69) is 15.9 Å². The zero-order chi connectivity index (χ0) is 14.9. The van der Waals surface area contributed by atoms with E-state index in [0.717, 1.165) is 10.2 Å². The molecule has 0 N–H and O–H groups in total. The first kappa shape index (κ1) is 15.0. The summed E-state index contributed by atoms with van der Waals surface area (Å²) in [4.78, 5) is 28.0. The Bertz CT molecular complexity index is 513. The van der Waals surface area contributed by atoms with Gasteiger partial charge in [-0.1, -0.05) is 29.8 Å². The molecule has 1 aliphatic heterocycles. The molecule has 1 atom stereocenters. The lowest BCUT2D eigenvalue weighted by atomic mass is 10.1. The van der Waals surface area contributed by atoms with Crippen molar-refractivity contribution in [1.82, 2.24) is 4.90 Å². The number of rotatable bonds is 2. The second-order valence-corrected chi connectivity index (χ2v) is 6.24. The maximum absolute atomic E-state index is 12.5. The minimum Gasteiger partial charge on any atom is -0.329 e. The van der Waals surface area contributed by atoms with Crippen molar-refractivity contribution in [2.24, 2.45) is 5.92 Å². The van der Waals surface area contributed by atoms with Gasteiger partial charge in [0.2, 0.25) is 11.8 Å². The van der Waals surface area contributed by atoms with Crippen molar-refractivity contribution in [3.63, 3.8) is 0 Å². The van der Waals surface area contributed by atoms with Gasteiger partial charge in [-0.05, 0) is 31.2 Å². The summed E-state index contributed by atoms with van der Waals surface area (Å²) in [6.07, 6.45) is 0. The minimum absolute atomic E-state index is 0.0208. The van der Waals surface area contributed by atoms with Crippen LogP contribution in [-0.2, 0) is 9.59 Å². The van der Waals surface area contributed by atoms with Gasteiger partial charge in [-0.3, -0.25) is 9.59 Å². The fraction of sp³-hybridized carbons (Fsp3) is 0.467. The largest absolute Gasteiger partial charge is 0.329 e. The molecule has 0 spiro atoms. The number of piperazine rings is 1. The lowest BCUT2D eigenvalue weighted by Gasteiger charge is -2.39. The molecule has 4 nitrogen and oxygen atoms in total. The third-order valence-electron chi connectivity index (χ3n) is 3.57. The Morgan fingerprint density at radius 3 is 2.40 bits per heavy atom. The number of hydrogen-bond donors (Lipinski definition) is 0. The summed E-state index contributed by atoms with van der Waals surface area (Å²) in [5.74, 6) is -0.0571. The van der Waals surface area contributed by atoms with Crippen LogP contribution < -0.4 is 4.90 Å². The van der Waals surface area contributed by atoms with Gasteiger partial charge in [-0.15, -0.1) is 0 Å². The highest BCUT2D eigenvalue weighted by Crippen LogP contribution is 2.23. The Kier molecular flexibility index (Phi) is 4.48. The molecule has 1 aromatic carbocycles. The van der Waals surface area contributed by atoms with E-state index in [9.17, 15) is 9.59 Å². The molecule has 1 saturated heterocycles. The van der Waals surface area contributed by atoms with Crippen LogP contribution in [0.1, 0.15) is 20.8 Å². The molecule has 5 heteroatoms. The maximum Gasteiger partial charge on any atom is 0.249 e. The van der Waals surface area contributed by atoms with E-state index in [4.69, 9.17) is 0 Å². The highest BCUT2D eigenvalue weighted by Gasteiger charge is 2.35. The predicted molar refractivity (Wildman–Crippen MR) is 82.5 cm³/mol. The Hall–Kier alpha value is -1.36. The first-order chi connectivity index (χ1) is 9.41. The number of anilines is 1. The molecule has 0 radical (unpaired) electrons. The van der Waals surface area contributed by atoms with Crippen molar-refractivity contribution in [2.75, 3.05) is 18.0 Å². The van der Waals surface area contributed by atoms with E-state index in [1.54, 1.807) is 16.7 Å². The molecule has 108 valence electrons. The van der Waals surface area contributed by atoms with Crippen molar-refractivity contribution < 1.29 is 9.59 Å². The number of benzene rings is 1. The van der Waals surface area contributed by atoms with Crippen LogP contribution in [-0.4, -0.2) is 35.8 Å². The molecule has 20 heavy (non-hydrogen) atoms. The van der Waals surface area contributed by atoms with Gasteiger partial charge in [0.25, 0.3) is 0 Å². The van der Waals surface area contributed by atoms with E-state index in [1.807, 2.05) is 38.1 Å². The van der Waals surface area contributed by atoms with Crippen LogP contribution in [0.25, 0.3) is 0 Å². The normalized spacial score (nSPS) is 19.6. The third-order valence-corrected chi connectivity index (χ3v) is 4.10. The Morgan fingerprint density at radius 2 is 1.85 bits per heavy atom. The second-order valence-electron chi connectivity index (χ2n) is 5.33. The van der Waals surface area contributed by atoms with Gasteiger partial charge in [0.05, 0.1) is 0 Å². The van der Waals surface area contributed by atoms with Crippen LogP contribution >= 0.6 is 15.9 Å². The van der Waals surface area contributed by atoms with E-state index in [0.29, 0.717) is 13.1 Å². The highest BCUT2D eigenvalue weighted by molar-refractivity contribution is 9.10. The highest BCUT2D eigenvalue weighted by atomic mass is 79.9. The van der Waals surface area contributed by atoms with Crippen LogP contribution in [0, 0.1) is 5.92 Å². The molecular formula is C15H19BrN2O2. The van der Waals surface area contributed by atoms with Gasteiger partial charge in [-0.2, -0.15) is 0 Å². The molecule has 1 heterocycles. The maximum atomic E-state index is 12.5. The topological polar surface area (TPSA) is 40.6 Å². The van der Waals surface area contributed by atoms with Crippen molar-refractivity contribution in [3.8, 4) is 0 Å². The second kappa shape index (κ2) is 5.95. The van der Waals surface area contributed by atoms with E-state index >= 15 is 0 Å². The van der Waals surface area contributed by atoms with E-state index in [1.165, 1.54) is 0 Å². The van der Waals surface area contributed by atoms with Gasteiger partial charge in [0, 0.05) is 29.2 Å². The monoisotopic (exact) mass is 338 g/mol. The SMILES string of the molecule is CC(C)C(=O)N1CCN(c2ccc(Br)cc2)C(=O)[C@@H]1C. The smallest absolute Gasteiger partial charge is 0.249 e. The molecule has 0 aromatic heterocycles. The summed E-state index contributed by atoms with van der Waals surface area (Å²) in [6, 6.07) is 7.25. The fourth-order valence-electron chi connectivity index (χ4n) is 2.38. The summed E-state index contributed by atoms with van der Waals surface area (Å²) >= 11 is 3.38. The fourth-order valence-corrected chi connectivity index (χ4v) is 2.64. The Balaban J connectivity index is 2.17.